The second kappa shape index (κ2) is 5.52. The van der Waals surface area contributed by atoms with Gasteiger partial charge in [0.05, 0.1) is 19.7 Å². The van der Waals surface area contributed by atoms with Gasteiger partial charge in [-0.05, 0) is 19.1 Å². The second-order valence-corrected chi connectivity index (χ2v) is 5.03. The number of hydrogen-bond acceptors (Lipinski definition) is 5. The zero-order valence-electron chi connectivity index (χ0n) is 12.8. The van der Waals surface area contributed by atoms with Crippen LogP contribution >= 0.6 is 0 Å². The number of anilines is 1. The highest BCUT2D eigenvalue weighted by Crippen LogP contribution is 2.34. The van der Waals surface area contributed by atoms with Gasteiger partial charge in [0.2, 0.25) is 0 Å². The van der Waals surface area contributed by atoms with Crippen molar-refractivity contribution in [1.82, 2.24) is 9.97 Å². The smallest absolute Gasteiger partial charge is 0.162 e. The molecule has 0 radical (unpaired) electrons. The molecular formula is C17H17N3O2. The van der Waals surface area contributed by atoms with Gasteiger partial charge in [0.1, 0.15) is 5.82 Å². The zero-order valence-corrected chi connectivity index (χ0v) is 12.8. The van der Waals surface area contributed by atoms with Crippen molar-refractivity contribution in [2.45, 2.75) is 6.92 Å². The minimum atomic E-state index is 0.419. The monoisotopic (exact) mass is 295 g/mol. The molecule has 5 heteroatoms. The summed E-state index contributed by atoms with van der Waals surface area (Å²) >= 11 is 0. The van der Waals surface area contributed by atoms with E-state index in [-0.39, 0.29) is 0 Å². The Labute approximate surface area is 128 Å². The molecule has 2 aromatic carbocycles. The van der Waals surface area contributed by atoms with Gasteiger partial charge in [0, 0.05) is 17.0 Å². The van der Waals surface area contributed by atoms with Crippen LogP contribution in [0.15, 0.2) is 36.4 Å². The largest absolute Gasteiger partial charge is 0.493 e. The highest BCUT2D eigenvalue weighted by molar-refractivity contribution is 5.92. The van der Waals surface area contributed by atoms with E-state index in [4.69, 9.17) is 15.2 Å². The normalized spacial score (nSPS) is 10.7. The van der Waals surface area contributed by atoms with Crippen LogP contribution in [0.25, 0.3) is 22.3 Å². The van der Waals surface area contributed by atoms with Gasteiger partial charge in [-0.1, -0.05) is 23.8 Å². The van der Waals surface area contributed by atoms with Crippen LogP contribution in [-0.2, 0) is 0 Å². The van der Waals surface area contributed by atoms with Crippen LogP contribution in [0.5, 0.6) is 11.5 Å². The van der Waals surface area contributed by atoms with Crippen molar-refractivity contribution in [3.63, 3.8) is 0 Å². The SMILES string of the molecule is COc1cc2nc(-c3cccc(C)c3)nc(N)c2cc1OC. The summed E-state index contributed by atoms with van der Waals surface area (Å²) in [6.45, 7) is 2.03. The molecule has 0 fully saturated rings. The summed E-state index contributed by atoms with van der Waals surface area (Å²) in [5.74, 6) is 2.24. The van der Waals surface area contributed by atoms with E-state index >= 15 is 0 Å². The molecular weight excluding hydrogens is 278 g/mol. The quantitative estimate of drug-likeness (QED) is 0.803. The Balaban J connectivity index is 2.23. The van der Waals surface area contributed by atoms with Crippen molar-refractivity contribution in [3.8, 4) is 22.9 Å². The molecule has 0 atom stereocenters. The summed E-state index contributed by atoms with van der Waals surface area (Å²) in [5, 5.41) is 0.744. The lowest BCUT2D eigenvalue weighted by Crippen LogP contribution is -1.99. The third-order valence-corrected chi connectivity index (χ3v) is 3.51. The summed E-state index contributed by atoms with van der Waals surface area (Å²) in [6.07, 6.45) is 0. The Hall–Kier alpha value is -2.82. The Morgan fingerprint density at radius 2 is 1.68 bits per heavy atom. The Morgan fingerprint density at radius 1 is 0.955 bits per heavy atom. The zero-order chi connectivity index (χ0) is 15.7. The first-order valence-corrected chi connectivity index (χ1v) is 6.88. The summed E-state index contributed by atoms with van der Waals surface area (Å²) in [5.41, 5.74) is 8.90. The first-order chi connectivity index (χ1) is 10.6. The number of nitrogens with two attached hydrogens (primary N) is 1. The summed E-state index contributed by atoms with van der Waals surface area (Å²) in [4.78, 5) is 9.02. The van der Waals surface area contributed by atoms with Crippen molar-refractivity contribution >= 4 is 16.7 Å². The number of nitrogen functional groups attached to an aromatic ring is 1. The van der Waals surface area contributed by atoms with Crippen molar-refractivity contribution in [2.75, 3.05) is 20.0 Å². The van der Waals surface area contributed by atoms with E-state index in [0.717, 1.165) is 22.0 Å². The fourth-order valence-corrected chi connectivity index (χ4v) is 2.39. The second-order valence-electron chi connectivity index (χ2n) is 5.03. The molecule has 1 aromatic heterocycles. The van der Waals surface area contributed by atoms with Gasteiger partial charge in [-0.2, -0.15) is 0 Å². The number of aryl methyl sites for hydroxylation is 1. The van der Waals surface area contributed by atoms with E-state index in [1.807, 2.05) is 37.3 Å². The molecule has 0 aliphatic rings. The van der Waals surface area contributed by atoms with Gasteiger partial charge in [0.25, 0.3) is 0 Å². The van der Waals surface area contributed by atoms with E-state index in [2.05, 4.69) is 9.97 Å². The maximum atomic E-state index is 6.10. The number of aromatic nitrogens is 2. The summed E-state index contributed by atoms with van der Waals surface area (Å²) in [6, 6.07) is 11.6. The van der Waals surface area contributed by atoms with E-state index in [1.54, 1.807) is 20.3 Å². The number of nitrogens with zero attached hydrogens (tertiary/aromatic N) is 2. The maximum Gasteiger partial charge on any atom is 0.162 e. The molecule has 112 valence electrons. The van der Waals surface area contributed by atoms with Crippen LogP contribution < -0.4 is 15.2 Å². The van der Waals surface area contributed by atoms with Crippen LogP contribution in [0.3, 0.4) is 0 Å². The van der Waals surface area contributed by atoms with Gasteiger partial charge in [-0.15, -0.1) is 0 Å². The Kier molecular flexibility index (Phi) is 3.55. The van der Waals surface area contributed by atoms with Crippen LogP contribution in [0.2, 0.25) is 0 Å². The Morgan fingerprint density at radius 3 is 2.36 bits per heavy atom. The van der Waals surface area contributed by atoms with Crippen molar-refractivity contribution in [3.05, 3.63) is 42.0 Å². The molecule has 0 saturated heterocycles. The number of benzene rings is 2. The van der Waals surface area contributed by atoms with E-state index in [0.29, 0.717) is 23.1 Å². The molecule has 0 spiro atoms. The van der Waals surface area contributed by atoms with E-state index in [9.17, 15) is 0 Å². The lowest BCUT2D eigenvalue weighted by Gasteiger charge is -2.11. The molecule has 0 aliphatic heterocycles. The van der Waals surface area contributed by atoms with Crippen LogP contribution in [-0.4, -0.2) is 24.2 Å². The molecule has 3 aromatic rings. The number of ether oxygens (including phenoxy) is 2. The van der Waals surface area contributed by atoms with Crippen LogP contribution in [0.4, 0.5) is 5.82 Å². The lowest BCUT2D eigenvalue weighted by molar-refractivity contribution is 0.356. The fourth-order valence-electron chi connectivity index (χ4n) is 2.39. The van der Waals surface area contributed by atoms with Gasteiger partial charge < -0.3 is 15.2 Å². The molecule has 0 bridgehead atoms. The summed E-state index contributed by atoms with van der Waals surface area (Å²) < 4.78 is 10.6. The van der Waals surface area contributed by atoms with Crippen molar-refractivity contribution in [1.29, 1.82) is 0 Å². The number of methoxy groups -OCH3 is 2. The van der Waals surface area contributed by atoms with Gasteiger partial charge in [-0.25, -0.2) is 9.97 Å². The van der Waals surface area contributed by atoms with Gasteiger partial charge in [-0.3, -0.25) is 0 Å². The molecule has 2 N–H and O–H groups in total. The van der Waals surface area contributed by atoms with Crippen LogP contribution in [0, 0.1) is 6.92 Å². The molecule has 5 nitrogen and oxygen atoms in total. The minimum absolute atomic E-state index is 0.419. The number of rotatable bonds is 3. The predicted octanol–water partition coefficient (Wildman–Crippen LogP) is 3.20. The third-order valence-electron chi connectivity index (χ3n) is 3.51. The highest BCUT2D eigenvalue weighted by atomic mass is 16.5. The molecule has 0 unspecified atom stereocenters. The lowest BCUT2D eigenvalue weighted by atomic mass is 10.1. The molecule has 0 aliphatic carbocycles. The minimum Gasteiger partial charge on any atom is -0.493 e. The number of fused-ring (bicyclic) bond motifs is 1. The average Bonchev–Trinajstić information content (AvgIpc) is 2.53. The maximum absolute atomic E-state index is 6.10. The highest BCUT2D eigenvalue weighted by Gasteiger charge is 2.12. The van der Waals surface area contributed by atoms with Crippen LogP contribution in [0.1, 0.15) is 5.56 Å². The first-order valence-electron chi connectivity index (χ1n) is 6.88. The average molecular weight is 295 g/mol. The molecule has 0 amide bonds. The van der Waals surface area contributed by atoms with E-state index in [1.165, 1.54) is 0 Å². The van der Waals surface area contributed by atoms with Gasteiger partial charge in [0.15, 0.2) is 17.3 Å². The van der Waals surface area contributed by atoms with Gasteiger partial charge >= 0.3 is 0 Å². The topological polar surface area (TPSA) is 70.3 Å². The predicted molar refractivity (Wildman–Crippen MR) is 87.2 cm³/mol. The van der Waals surface area contributed by atoms with Crippen molar-refractivity contribution < 1.29 is 9.47 Å². The third kappa shape index (κ3) is 2.41. The molecule has 22 heavy (non-hydrogen) atoms. The summed E-state index contributed by atoms with van der Waals surface area (Å²) in [7, 11) is 3.18. The fraction of sp³-hybridized carbons (Fsp3) is 0.176. The first kappa shape index (κ1) is 14.1. The molecule has 1 heterocycles. The van der Waals surface area contributed by atoms with Crippen molar-refractivity contribution in [2.24, 2.45) is 0 Å². The van der Waals surface area contributed by atoms with E-state index < -0.39 is 0 Å². The molecule has 0 saturated carbocycles. The molecule has 3 rings (SSSR count). The number of hydrogen-bond donors (Lipinski definition) is 1. The standard InChI is InChI=1S/C17H17N3O2/c1-10-5-4-6-11(7-10)17-19-13-9-15(22-3)14(21-2)8-12(13)16(18)20-17/h4-9H,1-3H3,(H2,18,19,20). The Bertz CT molecular complexity index is 847.